The van der Waals surface area contributed by atoms with Gasteiger partial charge in [-0.1, -0.05) is 26.8 Å². The molecule has 1 aliphatic carbocycles. The minimum Gasteiger partial charge on any atom is -0.410 e. The molecule has 0 aromatic rings. The molecule has 9 heteroatoms. The summed E-state index contributed by atoms with van der Waals surface area (Å²) in [5.41, 5.74) is -5.45. The molecule has 0 amide bonds. The maximum absolute atomic E-state index is 12.3. The summed E-state index contributed by atoms with van der Waals surface area (Å²) in [6, 6.07) is 0. The van der Waals surface area contributed by atoms with Gasteiger partial charge in [0.15, 0.2) is 8.32 Å². The first-order valence-corrected chi connectivity index (χ1v) is 11.0. The smallest absolute Gasteiger partial charge is 0.410 e. The van der Waals surface area contributed by atoms with Crippen molar-refractivity contribution in [3.8, 4) is 0 Å². The average Bonchev–Trinajstić information content (AvgIpc) is 2.24. The van der Waals surface area contributed by atoms with Crippen LogP contribution in [0.15, 0.2) is 24.0 Å². The third-order valence-corrected chi connectivity index (χ3v) is 9.23. The van der Waals surface area contributed by atoms with Gasteiger partial charge in [0.05, 0.1) is 6.10 Å². The predicted octanol–water partition coefficient (Wildman–Crippen LogP) is 4.09. The SMILES string of the molecule is CC(C)(C)[Si](C)(C)O[C@H]1C=C(OS(=O)(=O)C(F)(F)F)C=CC1. The number of hydrogen-bond donors (Lipinski definition) is 0. The molecule has 0 aromatic carbocycles. The summed E-state index contributed by atoms with van der Waals surface area (Å²) in [6.07, 6.45) is 3.99. The Morgan fingerprint density at radius 3 is 2.23 bits per heavy atom. The maximum atomic E-state index is 12.3. The molecular weight excluding hydrogens is 337 g/mol. The lowest BCUT2D eigenvalue weighted by Gasteiger charge is -2.38. The number of rotatable bonds is 4. The number of alkyl halides is 3. The first-order chi connectivity index (χ1) is 9.66. The van der Waals surface area contributed by atoms with E-state index in [1.54, 1.807) is 6.08 Å². The molecule has 0 fully saturated rings. The lowest BCUT2D eigenvalue weighted by atomic mass is 10.1. The number of hydrogen-bond acceptors (Lipinski definition) is 4. The second kappa shape index (κ2) is 6.01. The molecule has 0 saturated carbocycles. The Hall–Kier alpha value is -0.803. The van der Waals surface area contributed by atoms with Crippen LogP contribution in [-0.2, 0) is 18.7 Å². The van der Waals surface area contributed by atoms with E-state index < -0.39 is 30.0 Å². The number of halogens is 3. The zero-order valence-electron chi connectivity index (χ0n) is 13.2. The quantitative estimate of drug-likeness (QED) is 0.431. The molecule has 0 N–H and O–H groups in total. The van der Waals surface area contributed by atoms with Gasteiger partial charge in [0.2, 0.25) is 0 Å². The highest BCUT2D eigenvalue weighted by atomic mass is 32.2. The Balaban J connectivity index is 2.89. The molecule has 0 heterocycles. The molecular formula is C13H21F3O4SSi. The van der Waals surface area contributed by atoms with Gasteiger partial charge in [-0.15, -0.1) is 0 Å². The summed E-state index contributed by atoms with van der Waals surface area (Å²) in [6.45, 7) is 10.1. The largest absolute Gasteiger partial charge is 0.534 e. The van der Waals surface area contributed by atoms with E-state index in [1.165, 1.54) is 12.2 Å². The Morgan fingerprint density at radius 1 is 1.23 bits per heavy atom. The minimum atomic E-state index is -5.66. The molecule has 128 valence electrons. The molecule has 0 spiro atoms. The van der Waals surface area contributed by atoms with Gasteiger partial charge >= 0.3 is 15.6 Å². The predicted molar refractivity (Wildman–Crippen MR) is 80.0 cm³/mol. The van der Waals surface area contributed by atoms with Crippen LogP contribution in [0.1, 0.15) is 27.2 Å². The van der Waals surface area contributed by atoms with E-state index in [-0.39, 0.29) is 10.8 Å². The Kier molecular flexibility index (Phi) is 5.26. The average molecular weight is 358 g/mol. The third kappa shape index (κ3) is 4.59. The van der Waals surface area contributed by atoms with E-state index in [4.69, 9.17) is 4.43 Å². The van der Waals surface area contributed by atoms with Crippen LogP contribution in [0.2, 0.25) is 18.1 Å². The van der Waals surface area contributed by atoms with E-state index in [0.717, 1.165) is 0 Å². The second-order valence-corrected chi connectivity index (χ2v) is 12.9. The van der Waals surface area contributed by atoms with Gasteiger partial charge in [0.25, 0.3) is 0 Å². The summed E-state index contributed by atoms with van der Waals surface area (Å²) in [7, 11) is -7.78. The lowest BCUT2D eigenvalue weighted by Crippen LogP contribution is -2.43. The first kappa shape index (κ1) is 19.2. The molecule has 1 atom stereocenters. The zero-order valence-corrected chi connectivity index (χ0v) is 15.0. The summed E-state index contributed by atoms with van der Waals surface area (Å²) in [5.74, 6) is -0.368. The van der Waals surface area contributed by atoms with E-state index in [2.05, 4.69) is 4.18 Å². The van der Waals surface area contributed by atoms with Crippen molar-refractivity contribution in [1.29, 1.82) is 0 Å². The van der Waals surface area contributed by atoms with Crippen LogP contribution in [0, 0.1) is 0 Å². The summed E-state index contributed by atoms with van der Waals surface area (Å²) >= 11 is 0. The highest BCUT2D eigenvalue weighted by Gasteiger charge is 2.49. The molecule has 0 aliphatic heterocycles. The fourth-order valence-corrected chi connectivity index (χ4v) is 3.23. The fourth-order valence-electron chi connectivity index (χ4n) is 1.49. The summed E-state index contributed by atoms with van der Waals surface area (Å²) in [5, 5.41) is -0.0684. The van der Waals surface area contributed by atoms with Crippen LogP contribution in [0.4, 0.5) is 13.2 Å². The van der Waals surface area contributed by atoms with Crippen molar-refractivity contribution in [1.82, 2.24) is 0 Å². The van der Waals surface area contributed by atoms with E-state index in [9.17, 15) is 21.6 Å². The van der Waals surface area contributed by atoms with Gasteiger partial charge < -0.3 is 8.61 Å². The van der Waals surface area contributed by atoms with Crippen molar-refractivity contribution in [2.45, 2.75) is 56.9 Å². The molecule has 0 saturated heterocycles. The molecule has 0 bridgehead atoms. The van der Waals surface area contributed by atoms with Crippen molar-refractivity contribution in [2.75, 3.05) is 0 Å². The minimum absolute atomic E-state index is 0.0684. The zero-order chi connectivity index (χ0) is 17.4. The Labute approximate surface area is 130 Å². The van der Waals surface area contributed by atoms with E-state index >= 15 is 0 Å². The summed E-state index contributed by atoms with van der Waals surface area (Å²) < 4.78 is 69.2. The molecule has 1 rings (SSSR count). The molecule has 0 unspecified atom stereocenters. The van der Waals surface area contributed by atoms with Crippen LogP contribution < -0.4 is 0 Å². The second-order valence-electron chi connectivity index (χ2n) is 6.61. The van der Waals surface area contributed by atoms with Crippen molar-refractivity contribution < 1.29 is 30.2 Å². The van der Waals surface area contributed by atoms with Gasteiger partial charge in [-0.2, -0.15) is 21.6 Å². The molecule has 4 nitrogen and oxygen atoms in total. The van der Waals surface area contributed by atoms with Gasteiger partial charge in [0, 0.05) is 0 Å². The standard InChI is InChI=1S/C13H21F3O4SSi/c1-12(2,3)22(4,5)20-11-8-6-7-10(9-11)19-21(17,18)13(14,15)16/h6-7,9,11H,8H2,1-5H3/t11-/m1/s1. The molecule has 1 aliphatic rings. The lowest BCUT2D eigenvalue weighted by molar-refractivity contribution is -0.0520. The molecule has 0 aromatic heterocycles. The van der Waals surface area contributed by atoms with Crippen molar-refractivity contribution >= 4 is 18.4 Å². The van der Waals surface area contributed by atoms with Crippen LogP contribution in [0.25, 0.3) is 0 Å². The van der Waals surface area contributed by atoms with Crippen LogP contribution in [0.3, 0.4) is 0 Å². The van der Waals surface area contributed by atoms with Gasteiger partial charge in [0.1, 0.15) is 5.76 Å². The molecule has 22 heavy (non-hydrogen) atoms. The van der Waals surface area contributed by atoms with Crippen molar-refractivity contribution in [3.05, 3.63) is 24.0 Å². The van der Waals surface area contributed by atoms with Gasteiger partial charge in [-0.05, 0) is 36.7 Å². The van der Waals surface area contributed by atoms with Crippen LogP contribution >= 0.6 is 0 Å². The van der Waals surface area contributed by atoms with Crippen LogP contribution in [-0.4, -0.2) is 28.3 Å². The highest BCUT2D eigenvalue weighted by Crippen LogP contribution is 2.38. The van der Waals surface area contributed by atoms with Crippen LogP contribution in [0.5, 0.6) is 0 Å². The third-order valence-electron chi connectivity index (χ3n) is 3.74. The van der Waals surface area contributed by atoms with E-state index in [0.29, 0.717) is 6.42 Å². The Morgan fingerprint density at radius 2 is 1.77 bits per heavy atom. The van der Waals surface area contributed by atoms with Crippen molar-refractivity contribution in [2.24, 2.45) is 0 Å². The van der Waals surface area contributed by atoms with Gasteiger partial charge in [-0.25, -0.2) is 0 Å². The monoisotopic (exact) mass is 358 g/mol. The molecule has 0 radical (unpaired) electrons. The normalized spacial score (nSPS) is 20.7. The maximum Gasteiger partial charge on any atom is 0.534 e. The first-order valence-electron chi connectivity index (χ1n) is 6.73. The van der Waals surface area contributed by atoms with E-state index in [1.807, 2.05) is 33.9 Å². The fraction of sp³-hybridized carbons (Fsp3) is 0.692. The highest BCUT2D eigenvalue weighted by molar-refractivity contribution is 7.87. The van der Waals surface area contributed by atoms with Gasteiger partial charge in [-0.3, -0.25) is 0 Å². The van der Waals surface area contributed by atoms with Crippen molar-refractivity contribution in [3.63, 3.8) is 0 Å². The topological polar surface area (TPSA) is 52.6 Å². The summed E-state index contributed by atoms with van der Waals surface area (Å²) in [4.78, 5) is 0. The number of allylic oxidation sites excluding steroid dienone is 1. The Bertz CT molecular complexity index is 571.